The Kier molecular flexibility index (Phi) is 3.76. The van der Waals surface area contributed by atoms with Crippen LogP contribution in [0.1, 0.15) is 5.56 Å². The van der Waals surface area contributed by atoms with Gasteiger partial charge in [0, 0.05) is 10.7 Å². The van der Waals surface area contributed by atoms with Gasteiger partial charge in [-0.25, -0.2) is 4.39 Å². The van der Waals surface area contributed by atoms with Crippen molar-refractivity contribution in [2.75, 3.05) is 5.32 Å². The molecule has 1 heterocycles. The van der Waals surface area contributed by atoms with E-state index in [0.29, 0.717) is 4.47 Å². The van der Waals surface area contributed by atoms with Gasteiger partial charge in [0.2, 0.25) is 5.91 Å². The summed E-state index contributed by atoms with van der Waals surface area (Å²) >= 11 is 3.15. The first-order valence-corrected chi connectivity index (χ1v) is 6.08. The van der Waals surface area contributed by atoms with E-state index < -0.39 is 5.82 Å². The minimum absolute atomic E-state index is 0.0589. The van der Waals surface area contributed by atoms with Crippen molar-refractivity contribution < 1.29 is 9.18 Å². The summed E-state index contributed by atoms with van der Waals surface area (Å²) < 4.78 is 15.6. The van der Waals surface area contributed by atoms with Crippen molar-refractivity contribution in [2.45, 2.75) is 13.5 Å². The Morgan fingerprint density at radius 3 is 2.94 bits per heavy atom. The fourth-order valence-electron chi connectivity index (χ4n) is 1.48. The molecule has 1 N–H and O–H groups in total. The van der Waals surface area contributed by atoms with Gasteiger partial charge in [0.15, 0.2) is 0 Å². The van der Waals surface area contributed by atoms with Crippen LogP contribution < -0.4 is 5.32 Å². The van der Waals surface area contributed by atoms with Gasteiger partial charge >= 0.3 is 0 Å². The summed E-state index contributed by atoms with van der Waals surface area (Å²) in [6.45, 7) is 1.94. The van der Waals surface area contributed by atoms with Crippen molar-refractivity contribution in [3.8, 4) is 0 Å². The van der Waals surface area contributed by atoms with Gasteiger partial charge in [0.05, 0.1) is 11.9 Å². The largest absolute Gasteiger partial charge is 0.322 e. The average Bonchev–Trinajstić information content (AvgIpc) is 2.68. The summed E-state index contributed by atoms with van der Waals surface area (Å²) in [6, 6.07) is 4.47. The van der Waals surface area contributed by atoms with Crippen LogP contribution in [-0.4, -0.2) is 15.7 Å². The van der Waals surface area contributed by atoms with Crippen LogP contribution in [0.15, 0.2) is 35.1 Å². The lowest BCUT2D eigenvalue weighted by molar-refractivity contribution is -0.116. The van der Waals surface area contributed by atoms with Gasteiger partial charge < -0.3 is 5.32 Å². The molecule has 6 heteroatoms. The molecule has 0 radical (unpaired) electrons. The summed E-state index contributed by atoms with van der Waals surface area (Å²) in [5.74, 6) is -0.798. The Morgan fingerprint density at radius 2 is 2.33 bits per heavy atom. The molecule has 0 aliphatic heterocycles. The lowest BCUT2D eigenvalue weighted by Gasteiger charge is -2.06. The molecular weight excluding hydrogens is 301 g/mol. The van der Waals surface area contributed by atoms with Gasteiger partial charge in [-0.05, 0) is 30.7 Å². The number of anilines is 1. The quantitative estimate of drug-likeness (QED) is 0.947. The van der Waals surface area contributed by atoms with Gasteiger partial charge in [-0.1, -0.05) is 15.9 Å². The first-order valence-electron chi connectivity index (χ1n) is 5.28. The second-order valence-electron chi connectivity index (χ2n) is 3.89. The molecule has 1 amide bonds. The molecule has 0 saturated carbocycles. The molecule has 1 aromatic heterocycles. The zero-order valence-corrected chi connectivity index (χ0v) is 11.2. The molecule has 1 aromatic carbocycles. The first kappa shape index (κ1) is 12.8. The maximum absolute atomic E-state index is 13.5. The van der Waals surface area contributed by atoms with E-state index in [1.54, 1.807) is 18.5 Å². The average molecular weight is 312 g/mol. The zero-order chi connectivity index (χ0) is 13.1. The minimum atomic E-state index is -0.477. The van der Waals surface area contributed by atoms with Gasteiger partial charge in [-0.15, -0.1) is 0 Å². The molecule has 0 saturated heterocycles. The number of hydrogen-bond donors (Lipinski definition) is 1. The van der Waals surface area contributed by atoms with Crippen LogP contribution >= 0.6 is 15.9 Å². The minimum Gasteiger partial charge on any atom is -0.322 e. The highest BCUT2D eigenvalue weighted by molar-refractivity contribution is 9.10. The molecule has 2 rings (SSSR count). The van der Waals surface area contributed by atoms with E-state index in [4.69, 9.17) is 0 Å². The smallest absolute Gasteiger partial charge is 0.246 e. The third kappa shape index (κ3) is 3.16. The number of halogens is 2. The Labute approximate surface area is 112 Å². The molecular formula is C12H11BrFN3O. The number of hydrogen-bond acceptors (Lipinski definition) is 2. The molecule has 2 aromatic rings. The Hall–Kier alpha value is -1.69. The van der Waals surface area contributed by atoms with Crippen molar-refractivity contribution >= 4 is 27.5 Å². The summed E-state index contributed by atoms with van der Waals surface area (Å²) in [7, 11) is 0. The number of amides is 1. The molecule has 94 valence electrons. The van der Waals surface area contributed by atoms with Crippen molar-refractivity contribution in [3.05, 3.63) is 46.4 Å². The predicted octanol–water partition coefficient (Wildman–Crippen LogP) is 2.73. The van der Waals surface area contributed by atoms with E-state index in [9.17, 15) is 9.18 Å². The van der Waals surface area contributed by atoms with E-state index in [2.05, 4.69) is 26.3 Å². The number of carbonyl (C=O) groups excluding carboxylic acids is 1. The fraction of sp³-hybridized carbons (Fsp3) is 0.167. The SMILES string of the molecule is Cc1cnn(CC(=O)Nc2ccc(Br)cc2F)c1. The fourth-order valence-corrected chi connectivity index (χ4v) is 1.81. The normalized spacial score (nSPS) is 10.4. The third-order valence-corrected chi connectivity index (χ3v) is 2.77. The standard InChI is InChI=1S/C12H11BrFN3O/c1-8-5-15-17(6-8)7-12(18)16-11-3-2-9(13)4-10(11)14/h2-6H,7H2,1H3,(H,16,18). The van der Waals surface area contributed by atoms with Crippen LogP contribution in [0.25, 0.3) is 0 Å². The van der Waals surface area contributed by atoms with Crippen molar-refractivity contribution in [1.82, 2.24) is 9.78 Å². The Balaban J connectivity index is 2.03. The highest BCUT2D eigenvalue weighted by Crippen LogP contribution is 2.19. The van der Waals surface area contributed by atoms with Crippen LogP contribution in [0.5, 0.6) is 0 Å². The second-order valence-corrected chi connectivity index (χ2v) is 4.80. The van der Waals surface area contributed by atoms with E-state index in [1.165, 1.54) is 16.8 Å². The molecule has 0 aliphatic carbocycles. The number of nitrogens with zero attached hydrogens (tertiary/aromatic N) is 2. The van der Waals surface area contributed by atoms with Gasteiger partial charge in [-0.3, -0.25) is 9.48 Å². The van der Waals surface area contributed by atoms with Crippen LogP contribution in [0.3, 0.4) is 0 Å². The number of carbonyl (C=O) groups is 1. The number of aromatic nitrogens is 2. The molecule has 0 fully saturated rings. The van der Waals surface area contributed by atoms with Crippen LogP contribution in [0.2, 0.25) is 0 Å². The van der Waals surface area contributed by atoms with E-state index in [1.807, 2.05) is 6.92 Å². The molecule has 0 aliphatic rings. The van der Waals surface area contributed by atoms with Gasteiger partial charge in [0.1, 0.15) is 12.4 Å². The number of nitrogens with one attached hydrogen (secondary N) is 1. The van der Waals surface area contributed by atoms with E-state index in [-0.39, 0.29) is 18.1 Å². The van der Waals surface area contributed by atoms with E-state index >= 15 is 0 Å². The Morgan fingerprint density at radius 1 is 1.56 bits per heavy atom. The molecule has 0 spiro atoms. The topological polar surface area (TPSA) is 46.9 Å². The van der Waals surface area contributed by atoms with Gasteiger partial charge in [-0.2, -0.15) is 5.10 Å². The molecule has 18 heavy (non-hydrogen) atoms. The van der Waals surface area contributed by atoms with Crippen LogP contribution in [0.4, 0.5) is 10.1 Å². The number of aryl methyl sites for hydroxylation is 1. The second kappa shape index (κ2) is 5.30. The van der Waals surface area contributed by atoms with Crippen molar-refractivity contribution in [2.24, 2.45) is 0 Å². The predicted molar refractivity (Wildman–Crippen MR) is 69.7 cm³/mol. The first-order chi connectivity index (χ1) is 8.54. The van der Waals surface area contributed by atoms with Gasteiger partial charge in [0.25, 0.3) is 0 Å². The molecule has 0 unspecified atom stereocenters. The summed E-state index contributed by atoms with van der Waals surface area (Å²) in [6.07, 6.45) is 3.41. The highest BCUT2D eigenvalue weighted by atomic mass is 79.9. The summed E-state index contributed by atoms with van der Waals surface area (Å²) in [5.41, 5.74) is 1.13. The molecule has 0 atom stereocenters. The third-order valence-electron chi connectivity index (χ3n) is 2.27. The molecule has 0 bridgehead atoms. The lowest BCUT2D eigenvalue weighted by Crippen LogP contribution is -2.19. The monoisotopic (exact) mass is 311 g/mol. The Bertz CT molecular complexity index is 582. The number of benzene rings is 1. The summed E-state index contributed by atoms with van der Waals surface area (Å²) in [5, 5.41) is 6.49. The van der Waals surface area contributed by atoms with Crippen LogP contribution in [-0.2, 0) is 11.3 Å². The summed E-state index contributed by atoms with van der Waals surface area (Å²) in [4.78, 5) is 11.7. The number of rotatable bonds is 3. The van der Waals surface area contributed by atoms with Crippen LogP contribution in [0, 0.1) is 12.7 Å². The van der Waals surface area contributed by atoms with E-state index in [0.717, 1.165) is 5.56 Å². The zero-order valence-electron chi connectivity index (χ0n) is 9.65. The lowest BCUT2D eigenvalue weighted by atomic mass is 10.3. The molecule has 4 nitrogen and oxygen atoms in total. The maximum atomic E-state index is 13.5. The maximum Gasteiger partial charge on any atom is 0.246 e. The van der Waals surface area contributed by atoms with Crippen molar-refractivity contribution in [3.63, 3.8) is 0 Å². The highest BCUT2D eigenvalue weighted by Gasteiger charge is 2.08. The van der Waals surface area contributed by atoms with Crippen molar-refractivity contribution in [1.29, 1.82) is 0 Å².